The molecule has 0 spiro atoms. The van der Waals surface area contributed by atoms with E-state index in [1.807, 2.05) is 30.3 Å². The Morgan fingerprint density at radius 3 is 2.08 bits per heavy atom. The first kappa shape index (κ1) is 15.8. The van der Waals surface area contributed by atoms with Crippen molar-refractivity contribution in [3.05, 3.63) is 42.5 Å². The lowest BCUT2D eigenvalue weighted by Gasteiger charge is -2.30. The molecule has 0 unspecified atom stereocenters. The molecule has 0 bridgehead atoms. The Labute approximate surface area is 143 Å². The summed E-state index contributed by atoms with van der Waals surface area (Å²) in [5.74, 6) is 0.320. The van der Waals surface area contributed by atoms with Gasteiger partial charge in [-0.1, -0.05) is 36.4 Å². The van der Waals surface area contributed by atoms with Gasteiger partial charge >= 0.3 is 19.9 Å². The summed E-state index contributed by atoms with van der Waals surface area (Å²) in [5.41, 5.74) is 0. The first-order chi connectivity index (χ1) is 12.1. The molecule has 0 atom stereocenters. The fourth-order valence-corrected chi connectivity index (χ4v) is 4.93. The fourth-order valence-electron chi connectivity index (χ4n) is 2.86. The van der Waals surface area contributed by atoms with Crippen molar-refractivity contribution in [1.29, 1.82) is 0 Å². The SMILES string of the molecule is O=C1OCCN1P(=O)(Oc1cccc2ccccc12)N1CCOC1=O. The second-order valence-corrected chi connectivity index (χ2v) is 7.66. The van der Waals surface area contributed by atoms with Crippen molar-refractivity contribution in [2.24, 2.45) is 0 Å². The maximum absolute atomic E-state index is 13.7. The van der Waals surface area contributed by atoms with Gasteiger partial charge in [0.15, 0.2) is 0 Å². The number of ether oxygens (including phenoxy) is 2. The van der Waals surface area contributed by atoms with E-state index in [4.69, 9.17) is 14.0 Å². The summed E-state index contributed by atoms with van der Waals surface area (Å²) in [6.45, 7) is 0.324. The van der Waals surface area contributed by atoms with Crippen LogP contribution in [0.15, 0.2) is 42.5 Å². The molecule has 2 heterocycles. The van der Waals surface area contributed by atoms with Gasteiger partial charge in [-0.05, 0) is 11.5 Å². The molecule has 2 saturated heterocycles. The molecular formula is C16H15N2O6P. The van der Waals surface area contributed by atoms with Crippen LogP contribution in [-0.4, -0.2) is 47.8 Å². The van der Waals surface area contributed by atoms with Crippen LogP contribution >= 0.6 is 7.67 Å². The van der Waals surface area contributed by atoms with Crippen LogP contribution in [0.2, 0.25) is 0 Å². The van der Waals surface area contributed by atoms with E-state index >= 15 is 0 Å². The van der Waals surface area contributed by atoms with Crippen molar-refractivity contribution in [1.82, 2.24) is 9.34 Å². The Morgan fingerprint density at radius 1 is 0.880 bits per heavy atom. The molecule has 2 aliphatic rings. The number of rotatable bonds is 4. The van der Waals surface area contributed by atoms with Crippen LogP contribution < -0.4 is 4.52 Å². The zero-order valence-corrected chi connectivity index (χ0v) is 14.1. The van der Waals surface area contributed by atoms with E-state index in [1.165, 1.54) is 0 Å². The van der Waals surface area contributed by atoms with E-state index in [9.17, 15) is 14.2 Å². The highest BCUT2D eigenvalue weighted by Crippen LogP contribution is 2.57. The maximum atomic E-state index is 13.7. The summed E-state index contributed by atoms with van der Waals surface area (Å²) >= 11 is 0. The van der Waals surface area contributed by atoms with Crippen LogP contribution in [0, 0.1) is 0 Å². The first-order valence-corrected chi connectivity index (χ1v) is 9.29. The van der Waals surface area contributed by atoms with Crippen molar-refractivity contribution >= 4 is 30.6 Å². The lowest BCUT2D eigenvalue weighted by molar-refractivity contribution is 0.161. The number of fused-ring (bicyclic) bond motifs is 1. The molecule has 8 nitrogen and oxygen atoms in total. The minimum Gasteiger partial charge on any atom is -0.447 e. The number of cyclic esters (lactones) is 2. The predicted octanol–water partition coefficient (Wildman–Crippen LogP) is 3.23. The van der Waals surface area contributed by atoms with E-state index in [0.717, 1.165) is 20.1 Å². The molecule has 2 amide bonds. The topological polar surface area (TPSA) is 85.4 Å². The Bertz CT molecular complexity index is 866. The van der Waals surface area contributed by atoms with Crippen LogP contribution in [0.3, 0.4) is 0 Å². The van der Waals surface area contributed by atoms with Gasteiger partial charge in [0, 0.05) is 5.39 Å². The van der Waals surface area contributed by atoms with E-state index in [1.54, 1.807) is 12.1 Å². The number of amides is 2. The number of nitrogens with zero attached hydrogens (tertiary/aromatic N) is 2. The molecule has 2 aromatic rings. The van der Waals surface area contributed by atoms with Gasteiger partial charge in [-0.25, -0.2) is 23.5 Å². The normalized spacial score (nSPS) is 17.8. The quantitative estimate of drug-likeness (QED) is 0.777. The second kappa shape index (κ2) is 5.97. The molecule has 0 N–H and O–H groups in total. The molecule has 0 aromatic heterocycles. The van der Waals surface area contributed by atoms with Crippen LogP contribution in [0.4, 0.5) is 9.59 Å². The van der Waals surface area contributed by atoms with Gasteiger partial charge in [0.2, 0.25) is 0 Å². The summed E-state index contributed by atoms with van der Waals surface area (Å²) in [6.07, 6.45) is -1.55. The van der Waals surface area contributed by atoms with Crippen molar-refractivity contribution in [2.75, 3.05) is 26.3 Å². The van der Waals surface area contributed by atoms with Crippen LogP contribution in [-0.2, 0) is 14.0 Å². The molecular weight excluding hydrogens is 347 g/mol. The lowest BCUT2D eigenvalue weighted by Crippen LogP contribution is -2.35. The number of hydrogen-bond donors (Lipinski definition) is 0. The highest BCUT2D eigenvalue weighted by Gasteiger charge is 2.51. The third-order valence-electron chi connectivity index (χ3n) is 4.06. The van der Waals surface area contributed by atoms with Gasteiger partial charge in [0.1, 0.15) is 19.0 Å². The van der Waals surface area contributed by atoms with Crippen LogP contribution in [0.1, 0.15) is 0 Å². The average Bonchev–Trinajstić information content (AvgIpc) is 3.24. The van der Waals surface area contributed by atoms with Gasteiger partial charge in [0.25, 0.3) is 0 Å². The Morgan fingerprint density at radius 2 is 1.48 bits per heavy atom. The smallest absolute Gasteiger partial charge is 0.447 e. The Hall–Kier alpha value is -2.73. The minimum absolute atomic E-state index is 0.0741. The number of carbonyl (C=O) groups excluding carboxylic acids is 2. The van der Waals surface area contributed by atoms with Gasteiger partial charge in [-0.2, -0.15) is 0 Å². The number of hydrogen-bond acceptors (Lipinski definition) is 6. The average molecular weight is 362 g/mol. The number of benzene rings is 2. The van der Waals surface area contributed by atoms with Gasteiger partial charge < -0.3 is 14.0 Å². The van der Waals surface area contributed by atoms with Gasteiger partial charge in [0.05, 0.1) is 13.1 Å². The minimum atomic E-state index is -4.04. The first-order valence-electron chi connectivity index (χ1n) is 7.76. The summed E-state index contributed by atoms with van der Waals surface area (Å²) in [5, 5.41) is 1.62. The molecule has 4 rings (SSSR count). The zero-order valence-electron chi connectivity index (χ0n) is 13.2. The van der Waals surface area contributed by atoms with E-state index in [2.05, 4.69) is 0 Å². The molecule has 130 valence electrons. The van der Waals surface area contributed by atoms with Crippen molar-refractivity contribution < 1.29 is 28.2 Å². The maximum Gasteiger partial charge on any atom is 0.459 e. The molecule has 2 aromatic carbocycles. The highest BCUT2D eigenvalue weighted by atomic mass is 31.2. The Kier molecular flexibility index (Phi) is 3.77. The summed E-state index contributed by atoms with van der Waals surface area (Å²) in [4.78, 5) is 24.0. The molecule has 9 heteroatoms. The fraction of sp³-hybridized carbons (Fsp3) is 0.250. The van der Waals surface area contributed by atoms with E-state index in [-0.39, 0.29) is 26.3 Å². The molecule has 0 radical (unpaired) electrons. The molecule has 25 heavy (non-hydrogen) atoms. The molecule has 2 aliphatic heterocycles. The monoisotopic (exact) mass is 362 g/mol. The van der Waals surface area contributed by atoms with Crippen molar-refractivity contribution in [2.45, 2.75) is 0 Å². The molecule has 2 fully saturated rings. The molecule has 0 saturated carbocycles. The van der Waals surface area contributed by atoms with Crippen molar-refractivity contribution in [3.63, 3.8) is 0 Å². The van der Waals surface area contributed by atoms with Crippen LogP contribution in [0.25, 0.3) is 10.8 Å². The van der Waals surface area contributed by atoms with E-state index in [0.29, 0.717) is 5.75 Å². The summed E-state index contributed by atoms with van der Waals surface area (Å²) < 4.78 is 31.2. The predicted molar refractivity (Wildman–Crippen MR) is 88.3 cm³/mol. The standard InChI is InChI=1S/C16H15N2O6P/c19-15-17(8-10-22-15)25(21,18-9-11-23-16(18)20)24-14-7-3-5-12-4-1-2-6-13(12)14/h1-7H,8-11H2. The lowest BCUT2D eigenvalue weighted by atomic mass is 10.1. The Balaban J connectivity index is 1.79. The number of carbonyl (C=O) groups is 2. The van der Waals surface area contributed by atoms with E-state index < -0.39 is 19.9 Å². The third-order valence-corrected chi connectivity index (χ3v) is 6.44. The third kappa shape index (κ3) is 2.59. The summed E-state index contributed by atoms with van der Waals surface area (Å²) in [6, 6.07) is 12.7. The molecule has 0 aliphatic carbocycles. The van der Waals surface area contributed by atoms with Crippen molar-refractivity contribution in [3.8, 4) is 5.75 Å². The second-order valence-electron chi connectivity index (χ2n) is 5.53. The van der Waals surface area contributed by atoms with Gasteiger partial charge in [-0.15, -0.1) is 0 Å². The van der Waals surface area contributed by atoms with Crippen LogP contribution in [0.5, 0.6) is 5.75 Å². The summed E-state index contributed by atoms with van der Waals surface area (Å²) in [7, 11) is -4.04. The highest BCUT2D eigenvalue weighted by molar-refractivity contribution is 7.55. The zero-order chi connectivity index (χ0) is 17.4. The largest absolute Gasteiger partial charge is 0.459 e. The van der Waals surface area contributed by atoms with Gasteiger partial charge in [-0.3, -0.25) is 0 Å².